The lowest BCUT2D eigenvalue weighted by molar-refractivity contribution is 0.932. The Morgan fingerprint density at radius 2 is 2.25 bits per heavy atom. The monoisotopic (exact) mass is 223 g/mol. The van der Waals surface area contributed by atoms with E-state index in [2.05, 4.69) is 21.9 Å². The Kier molecular flexibility index (Phi) is 2.91. The van der Waals surface area contributed by atoms with Crippen molar-refractivity contribution in [3.63, 3.8) is 0 Å². The maximum Gasteiger partial charge on any atom is 0.0920 e. The van der Waals surface area contributed by atoms with Crippen LogP contribution in [0.25, 0.3) is 0 Å². The molecule has 1 unspecified atom stereocenters. The topological polar surface area (TPSA) is 26.0 Å². The summed E-state index contributed by atoms with van der Waals surface area (Å²) in [5.74, 6) is 2.50. The van der Waals surface area contributed by atoms with Crippen molar-refractivity contribution in [2.75, 3.05) is 0 Å². The molecule has 12 heavy (non-hydrogen) atoms. The van der Waals surface area contributed by atoms with E-state index in [0.29, 0.717) is 0 Å². The molecule has 0 fully saturated rings. The summed E-state index contributed by atoms with van der Waals surface area (Å²) in [7, 11) is 0. The van der Waals surface area contributed by atoms with Crippen molar-refractivity contribution < 1.29 is 0 Å². The Morgan fingerprint density at radius 3 is 2.75 bits per heavy atom. The average Bonchev–Trinajstić information content (AvgIpc) is 2.03. The molecule has 0 bridgehead atoms. The van der Waals surface area contributed by atoms with Crippen LogP contribution < -0.4 is 5.73 Å². The molecular formula is C10H10BrN. The fourth-order valence-corrected chi connectivity index (χ4v) is 1.55. The molecule has 0 radical (unpaired) electrons. The van der Waals surface area contributed by atoms with E-state index in [1.165, 1.54) is 0 Å². The zero-order chi connectivity index (χ0) is 9.14. The Labute approximate surface area is 81.1 Å². The SMILES string of the molecule is C#CC(N)c1ccc(Br)cc1C. The lowest BCUT2D eigenvalue weighted by Gasteiger charge is -2.08. The van der Waals surface area contributed by atoms with Crippen LogP contribution in [-0.4, -0.2) is 0 Å². The first-order valence-electron chi connectivity index (χ1n) is 3.63. The van der Waals surface area contributed by atoms with Crippen LogP contribution in [0.2, 0.25) is 0 Å². The molecule has 1 nitrogen and oxygen atoms in total. The van der Waals surface area contributed by atoms with Gasteiger partial charge in [-0.2, -0.15) is 0 Å². The number of rotatable bonds is 1. The van der Waals surface area contributed by atoms with Gasteiger partial charge >= 0.3 is 0 Å². The number of halogens is 1. The van der Waals surface area contributed by atoms with Gasteiger partial charge in [-0.1, -0.05) is 27.9 Å². The van der Waals surface area contributed by atoms with Gasteiger partial charge in [-0.3, -0.25) is 0 Å². The summed E-state index contributed by atoms with van der Waals surface area (Å²) in [5, 5.41) is 0. The highest BCUT2D eigenvalue weighted by Gasteiger charge is 2.04. The smallest absolute Gasteiger partial charge is 0.0920 e. The van der Waals surface area contributed by atoms with Crippen molar-refractivity contribution in [2.24, 2.45) is 5.73 Å². The Hall–Kier alpha value is -0.780. The quantitative estimate of drug-likeness (QED) is 0.728. The molecule has 0 saturated carbocycles. The summed E-state index contributed by atoms with van der Waals surface area (Å²) in [6.07, 6.45) is 5.22. The maximum atomic E-state index is 5.69. The van der Waals surface area contributed by atoms with Gasteiger partial charge in [0.15, 0.2) is 0 Å². The van der Waals surface area contributed by atoms with E-state index in [9.17, 15) is 0 Å². The third-order valence-electron chi connectivity index (χ3n) is 1.75. The van der Waals surface area contributed by atoms with Crippen LogP contribution in [0.1, 0.15) is 17.2 Å². The normalized spacial score (nSPS) is 12.2. The first-order chi connectivity index (χ1) is 5.65. The van der Waals surface area contributed by atoms with Crippen molar-refractivity contribution in [3.05, 3.63) is 33.8 Å². The minimum atomic E-state index is -0.293. The summed E-state index contributed by atoms with van der Waals surface area (Å²) in [5.41, 5.74) is 7.83. The number of hydrogen-bond acceptors (Lipinski definition) is 1. The van der Waals surface area contributed by atoms with E-state index >= 15 is 0 Å². The van der Waals surface area contributed by atoms with Crippen molar-refractivity contribution in [1.29, 1.82) is 0 Å². The number of terminal acetylenes is 1. The van der Waals surface area contributed by atoms with Gasteiger partial charge in [-0.05, 0) is 30.2 Å². The molecule has 0 spiro atoms. The Bertz CT molecular complexity index is 325. The second kappa shape index (κ2) is 3.75. The van der Waals surface area contributed by atoms with Crippen LogP contribution in [0, 0.1) is 19.3 Å². The summed E-state index contributed by atoms with van der Waals surface area (Å²) in [6, 6.07) is 5.61. The third kappa shape index (κ3) is 1.88. The van der Waals surface area contributed by atoms with E-state index < -0.39 is 0 Å². The molecule has 1 aromatic rings. The maximum absolute atomic E-state index is 5.69. The number of benzene rings is 1. The molecule has 2 N–H and O–H groups in total. The summed E-state index contributed by atoms with van der Waals surface area (Å²) in [4.78, 5) is 0. The van der Waals surface area contributed by atoms with Crippen LogP contribution in [0.15, 0.2) is 22.7 Å². The molecule has 0 aliphatic carbocycles. The van der Waals surface area contributed by atoms with Gasteiger partial charge in [-0.15, -0.1) is 6.42 Å². The van der Waals surface area contributed by atoms with Crippen molar-refractivity contribution in [2.45, 2.75) is 13.0 Å². The fourth-order valence-electron chi connectivity index (χ4n) is 1.08. The molecule has 0 aliphatic rings. The second-order valence-electron chi connectivity index (χ2n) is 2.65. The first kappa shape index (κ1) is 9.31. The lowest BCUT2D eigenvalue weighted by Crippen LogP contribution is -2.08. The predicted octanol–water partition coefficient (Wildman–Crippen LogP) is 2.39. The molecule has 1 rings (SSSR count). The van der Waals surface area contributed by atoms with E-state index in [1.807, 2.05) is 25.1 Å². The summed E-state index contributed by atoms with van der Waals surface area (Å²) < 4.78 is 1.05. The van der Waals surface area contributed by atoms with Crippen molar-refractivity contribution in [1.82, 2.24) is 0 Å². The number of aryl methyl sites for hydroxylation is 1. The van der Waals surface area contributed by atoms with Gasteiger partial charge in [0.1, 0.15) is 0 Å². The van der Waals surface area contributed by atoms with Crippen LogP contribution >= 0.6 is 15.9 Å². The highest BCUT2D eigenvalue weighted by atomic mass is 79.9. The van der Waals surface area contributed by atoms with Gasteiger partial charge in [-0.25, -0.2) is 0 Å². The van der Waals surface area contributed by atoms with E-state index in [1.54, 1.807) is 0 Å². The van der Waals surface area contributed by atoms with E-state index in [-0.39, 0.29) is 6.04 Å². The molecule has 0 saturated heterocycles. The Balaban J connectivity index is 3.11. The summed E-state index contributed by atoms with van der Waals surface area (Å²) >= 11 is 3.37. The number of hydrogen-bond donors (Lipinski definition) is 1. The zero-order valence-electron chi connectivity index (χ0n) is 6.84. The number of nitrogens with two attached hydrogens (primary N) is 1. The first-order valence-corrected chi connectivity index (χ1v) is 4.42. The lowest BCUT2D eigenvalue weighted by atomic mass is 10.0. The molecule has 0 amide bonds. The van der Waals surface area contributed by atoms with Crippen LogP contribution in [-0.2, 0) is 0 Å². The molecule has 1 atom stereocenters. The summed E-state index contributed by atoms with van der Waals surface area (Å²) in [6.45, 7) is 2.00. The van der Waals surface area contributed by atoms with E-state index in [0.717, 1.165) is 15.6 Å². The average molecular weight is 224 g/mol. The molecule has 0 heterocycles. The fraction of sp³-hybridized carbons (Fsp3) is 0.200. The molecule has 0 aliphatic heterocycles. The predicted molar refractivity (Wildman–Crippen MR) is 54.6 cm³/mol. The van der Waals surface area contributed by atoms with E-state index in [4.69, 9.17) is 12.2 Å². The van der Waals surface area contributed by atoms with Crippen molar-refractivity contribution in [3.8, 4) is 12.3 Å². The molecule has 1 aromatic carbocycles. The molecule has 0 aromatic heterocycles. The van der Waals surface area contributed by atoms with Gasteiger partial charge in [0.05, 0.1) is 6.04 Å². The van der Waals surface area contributed by atoms with Crippen molar-refractivity contribution >= 4 is 15.9 Å². The third-order valence-corrected chi connectivity index (χ3v) is 2.24. The second-order valence-corrected chi connectivity index (χ2v) is 3.56. The van der Waals surface area contributed by atoms with Gasteiger partial charge < -0.3 is 5.73 Å². The van der Waals surface area contributed by atoms with Crippen LogP contribution in [0.5, 0.6) is 0 Å². The largest absolute Gasteiger partial charge is 0.314 e. The zero-order valence-corrected chi connectivity index (χ0v) is 8.43. The van der Waals surface area contributed by atoms with Gasteiger partial charge in [0.2, 0.25) is 0 Å². The van der Waals surface area contributed by atoms with Crippen LogP contribution in [0.3, 0.4) is 0 Å². The van der Waals surface area contributed by atoms with Gasteiger partial charge in [0, 0.05) is 4.47 Å². The minimum absolute atomic E-state index is 0.293. The van der Waals surface area contributed by atoms with Crippen LogP contribution in [0.4, 0.5) is 0 Å². The standard InChI is InChI=1S/C10H10BrN/c1-3-10(12)9-5-4-8(11)6-7(9)2/h1,4-6,10H,12H2,2H3. The minimum Gasteiger partial charge on any atom is -0.314 e. The highest BCUT2D eigenvalue weighted by Crippen LogP contribution is 2.19. The Morgan fingerprint density at radius 1 is 1.58 bits per heavy atom. The molecular weight excluding hydrogens is 214 g/mol. The highest BCUT2D eigenvalue weighted by molar-refractivity contribution is 9.10. The van der Waals surface area contributed by atoms with Gasteiger partial charge in [0.25, 0.3) is 0 Å². The molecule has 62 valence electrons. The molecule has 2 heteroatoms.